The molecule has 0 unspecified atom stereocenters. The van der Waals surface area contributed by atoms with Crippen LogP contribution in [0.2, 0.25) is 5.02 Å². The van der Waals surface area contributed by atoms with E-state index in [2.05, 4.69) is 28.1 Å². The lowest BCUT2D eigenvalue weighted by Gasteiger charge is -2.17. The number of benzene rings is 1. The predicted molar refractivity (Wildman–Crippen MR) is 89.4 cm³/mol. The van der Waals surface area contributed by atoms with E-state index in [4.69, 9.17) is 23.8 Å². The number of hydrogen-bond acceptors (Lipinski definition) is 2. The van der Waals surface area contributed by atoms with Crippen molar-refractivity contribution in [2.24, 2.45) is 0 Å². The Balaban J connectivity index is 1.60. The van der Waals surface area contributed by atoms with Gasteiger partial charge in [-0.05, 0) is 53.7 Å². The average molecular weight is 323 g/mol. The summed E-state index contributed by atoms with van der Waals surface area (Å²) in [5.74, 6) is 0. The molecule has 2 nitrogen and oxygen atoms in total. The second-order valence-corrected chi connectivity index (χ2v) is 6.65. The van der Waals surface area contributed by atoms with Gasteiger partial charge in [0.25, 0.3) is 0 Å². The van der Waals surface area contributed by atoms with Crippen LogP contribution < -0.4 is 10.6 Å². The summed E-state index contributed by atoms with van der Waals surface area (Å²) >= 11 is 13.3. The SMILES string of the molecule is S=C(NCc1cccs1)N[C@H]1CCc2c(Cl)cccc21. The van der Waals surface area contributed by atoms with Gasteiger partial charge in [0.2, 0.25) is 0 Å². The normalized spacial score (nSPS) is 16.8. The first-order valence-corrected chi connectivity index (χ1v) is 8.24. The van der Waals surface area contributed by atoms with Gasteiger partial charge in [-0.2, -0.15) is 0 Å². The zero-order chi connectivity index (χ0) is 13.9. The molecule has 0 aliphatic heterocycles. The van der Waals surface area contributed by atoms with Gasteiger partial charge in [-0.25, -0.2) is 0 Å². The van der Waals surface area contributed by atoms with Crippen molar-refractivity contribution in [3.05, 3.63) is 56.7 Å². The van der Waals surface area contributed by atoms with Crippen LogP contribution >= 0.6 is 35.2 Å². The first-order chi connectivity index (χ1) is 9.74. The van der Waals surface area contributed by atoms with Gasteiger partial charge in [0.1, 0.15) is 0 Å². The highest BCUT2D eigenvalue weighted by Crippen LogP contribution is 2.35. The molecule has 0 radical (unpaired) electrons. The average Bonchev–Trinajstić information content (AvgIpc) is 3.07. The van der Waals surface area contributed by atoms with Crippen molar-refractivity contribution in [3.8, 4) is 0 Å². The van der Waals surface area contributed by atoms with Crippen LogP contribution in [0.4, 0.5) is 0 Å². The second kappa shape index (κ2) is 6.12. The lowest BCUT2D eigenvalue weighted by atomic mass is 10.1. The van der Waals surface area contributed by atoms with Crippen molar-refractivity contribution >= 4 is 40.3 Å². The van der Waals surface area contributed by atoms with Crippen molar-refractivity contribution in [1.29, 1.82) is 0 Å². The maximum Gasteiger partial charge on any atom is 0.167 e. The Morgan fingerprint density at radius 2 is 2.25 bits per heavy atom. The Kier molecular flexibility index (Phi) is 4.24. The molecule has 0 saturated carbocycles. The molecule has 2 aromatic rings. The zero-order valence-electron chi connectivity index (χ0n) is 10.9. The number of halogens is 1. The van der Waals surface area contributed by atoms with Gasteiger partial charge in [-0.3, -0.25) is 0 Å². The van der Waals surface area contributed by atoms with Crippen molar-refractivity contribution < 1.29 is 0 Å². The Bertz CT molecular complexity index is 610. The molecular weight excluding hydrogens is 308 g/mol. The van der Waals surface area contributed by atoms with E-state index in [1.54, 1.807) is 11.3 Å². The topological polar surface area (TPSA) is 24.1 Å². The summed E-state index contributed by atoms with van der Waals surface area (Å²) < 4.78 is 0. The fourth-order valence-electron chi connectivity index (χ4n) is 2.55. The Hall–Kier alpha value is -1.10. The second-order valence-electron chi connectivity index (χ2n) is 4.81. The van der Waals surface area contributed by atoms with Crippen molar-refractivity contribution in [3.63, 3.8) is 0 Å². The Morgan fingerprint density at radius 1 is 1.35 bits per heavy atom. The minimum Gasteiger partial charge on any atom is -0.358 e. The monoisotopic (exact) mass is 322 g/mol. The molecule has 0 amide bonds. The minimum atomic E-state index is 0.270. The highest BCUT2D eigenvalue weighted by molar-refractivity contribution is 7.80. The van der Waals surface area contributed by atoms with Crippen LogP contribution in [0.25, 0.3) is 0 Å². The number of nitrogens with one attached hydrogen (secondary N) is 2. The van der Waals surface area contributed by atoms with Crippen LogP contribution in [-0.4, -0.2) is 5.11 Å². The number of thiophene rings is 1. The first kappa shape index (κ1) is 13.9. The summed E-state index contributed by atoms with van der Waals surface area (Å²) in [5, 5.41) is 10.3. The standard InChI is InChI=1S/C15H15ClN2S2/c16-13-5-1-4-12-11(13)6-7-14(12)18-15(19)17-9-10-3-2-8-20-10/h1-5,8,14H,6-7,9H2,(H2,17,18,19)/t14-/m0/s1. The van der Waals surface area contributed by atoms with Crippen LogP contribution in [0.3, 0.4) is 0 Å². The van der Waals surface area contributed by atoms with Gasteiger partial charge in [0.15, 0.2) is 5.11 Å². The minimum absolute atomic E-state index is 0.270. The third-order valence-corrected chi connectivity index (χ3v) is 5.01. The molecule has 104 valence electrons. The van der Waals surface area contributed by atoms with E-state index >= 15 is 0 Å². The summed E-state index contributed by atoms with van der Waals surface area (Å²) in [6.45, 7) is 0.776. The van der Waals surface area contributed by atoms with Gasteiger partial charge in [-0.15, -0.1) is 11.3 Å². The van der Waals surface area contributed by atoms with Gasteiger partial charge in [-0.1, -0.05) is 29.8 Å². The predicted octanol–water partition coefficient (Wildman–Crippen LogP) is 4.05. The van der Waals surface area contributed by atoms with Crippen LogP contribution in [0.1, 0.15) is 28.5 Å². The smallest absolute Gasteiger partial charge is 0.167 e. The summed E-state index contributed by atoms with van der Waals surface area (Å²) in [4.78, 5) is 1.28. The number of hydrogen-bond donors (Lipinski definition) is 2. The number of rotatable bonds is 3. The molecule has 1 aromatic heterocycles. The molecule has 20 heavy (non-hydrogen) atoms. The summed E-state index contributed by atoms with van der Waals surface area (Å²) in [6.07, 6.45) is 2.06. The van der Waals surface area contributed by atoms with E-state index < -0.39 is 0 Å². The van der Waals surface area contributed by atoms with Gasteiger partial charge < -0.3 is 10.6 Å². The van der Waals surface area contributed by atoms with Crippen LogP contribution in [0, 0.1) is 0 Å². The Morgan fingerprint density at radius 3 is 3.05 bits per heavy atom. The summed E-state index contributed by atoms with van der Waals surface area (Å²) in [7, 11) is 0. The third-order valence-electron chi connectivity index (χ3n) is 3.52. The highest BCUT2D eigenvalue weighted by atomic mass is 35.5. The molecule has 5 heteroatoms. The first-order valence-electron chi connectivity index (χ1n) is 6.58. The number of fused-ring (bicyclic) bond motifs is 1. The van der Waals surface area contributed by atoms with E-state index in [9.17, 15) is 0 Å². The van der Waals surface area contributed by atoms with Crippen LogP contribution in [0.15, 0.2) is 35.7 Å². The highest BCUT2D eigenvalue weighted by Gasteiger charge is 2.24. The molecule has 3 rings (SSSR count). The van der Waals surface area contributed by atoms with Gasteiger partial charge >= 0.3 is 0 Å². The molecule has 1 aliphatic rings. The maximum absolute atomic E-state index is 6.23. The van der Waals surface area contributed by atoms with E-state index in [-0.39, 0.29) is 6.04 Å². The largest absolute Gasteiger partial charge is 0.358 e. The van der Waals surface area contributed by atoms with Crippen LogP contribution in [-0.2, 0) is 13.0 Å². The lowest BCUT2D eigenvalue weighted by Crippen LogP contribution is -2.36. The zero-order valence-corrected chi connectivity index (χ0v) is 13.2. The summed E-state index contributed by atoms with van der Waals surface area (Å²) in [5.41, 5.74) is 2.53. The molecule has 1 aromatic carbocycles. The quantitative estimate of drug-likeness (QED) is 0.834. The number of thiocarbonyl (C=S) groups is 1. The van der Waals surface area contributed by atoms with E-state index in [1.807, 2.05) is 18.2 Å². The van der Waals surface area contributed by atoms with Crippen LogP contribution in [0.5, 0.6) is 0 Å². The maximum atomic E-state index is 6.23. The van der Waals surface area contributed by atoms with Crippen molar-refractivity contribution in [1.82, 2.24) is 10.6 Å². The molecule has 2 N–H and O–H groups in total. The van der Waals surface area contributed by atoms with Gasteiger partial charge in [0.05, 0.1) is 12.6 Å². The molecule has 0 spiro atoms. The molecule has 0 saturated heterocycles. The molecule has 1 atom stereocenters. The molecular formula is C15H15ClN2S2. The van der Waals surface area contributed by atoms with E-state index in [0.717, 1.165) is 24.4 Å². The molecule has 0 fully saturated rings. The Labute approximate surface area is 133 Å². The molecule has 0 bridgehead atoms. The van der Waals surface area contributed by atoms with E-state index in [0.29, 0.717) is 5.11 Å². The molecule has 1 heterocycles. The van der Waals surface area contributed by atoms with Crippen molar-refractivity contribution in [2.45, 2.75) is 25.4 Å². The van der Waals surface area contributed by atoms with Gasteiger partial charge in [0, 0.05) is 9.90 Å². The van der Waals surface area contributed by atoms with Crippen molar-refractivity contribution in [2.75, 3.05) is 0 Å². The fraction of sp³-hybridized carbons (Fsp3) is 0.267. The fourth-order valence-corrected chi connectivity index (χ4v) is 3.68. The third kappa shape index (κ3) is 2.97. The molecule has 1 aliphatic carbocycles. The lowest BCUT2D eigenvalue weighted by molar-refractivity contribution is 0.630. The van der Waals surface area contributed by atoms with E-state index in [1.165, 1.54) is 16.0 Å². The summed E-state index contributed by atoms with van der Waals surface area (Å²) in [6, 6.07) is 10.5.